The molecule has 1 atom stereocenters. The Bertz CT molecular complexity index is 724. The van der Waals surface area contributed by atoms with Crippen molar-refractivity contribution in [3.05, 3.63) is 46.0 Å². The molecule has 21 heavy (non-hydrogen) atoms. The fourth-order valence-electron chi connectivity index (χ4n) is 2.22. The van der Waals surface area contributed by atoms with Gasteiger partial charge >= 0.3 is 5.97 Å². The van der Waals surface area contributed by atoms with E-state index in [0.717, 1.165) is 5.56 Å². The van der Waals surface area contributed by atoms with Crippen LogP contribution in [-0.4, -0.2) is 39.0 Å². The summed E-state index contributed by atoms with van der Waals surface area (Å²) < 4.78 is 1.50. The Hall–Kier alpha value is -2.21. The van der Waals surface area contributed by atoms with Gasteiger partial charge in [0.1, 0.15) is 5.65 Å². The van der Waals surface area contributed by atoms with E-state index in [4.69, 9.17) is 5.11 Å². The molecule has 6 nitrogen and oxygen atoms in total. The molecular weight excluding hydrogens is 270 g/mol. The molecule has 0 saturated heterocycles. The topological polar surface area (TPSA) is 74.9 Å². The maximum absolute atomic E-state index is 12.0. The molecule has 2 aromatic rings. The number of carbonyl (C=O) groups is 1. The predicted molar refractivity (Wildman–Crippen MR) is 79.3 cm³/mol. The van der Waals surface area contributed by atoms with Crippen LogP contribution in [0.4, 0.5) is 0 Å². The lowest BCUT2D eigenvalue weighted by atomic mass is 10.2. The van der Waals surface area contributed by atoms with E-state index in [9.17, 15) is 9.59 Å². The molecule has 0 radical (unpaired) electrons. The first-order chi connectivity index (χ1) is 9.86. The van der Waals surface area contributed by atoms with Crippen molar-refractivity contribution in [2.45, 2.75) is 20.4 Å². The average molecular weight is 289 g/mol. The lowest BCUT2D eigenvalue weighted by molar-refractivity contribution is -0.141. The van der Waals surface area contributed by atoms with Crippen molar-refractivity contribution in [2.24, 2.45) is 5.92 Å². The van der Waals surface area contributed by atoms with Gasteiger partial charge in [0.25, 0.3) is 5.56 Å². The maximum atomic E-state index is 12.0. The van der Waals surface area contributed by atoms with Gasteiger partial charge in [-0.2, -0.15) is 0 Å². The summed E-state index contributed by atoms with van der Waals surface area (Å²) in [4.78, 5) is 29.2. The van der Waals surface area contributed by atoms with Crippen molar-refractivity contribution in [1.29, 1.82) is 0 Å². The Labute approximate surface area is 122 Å². The number of aryl methyl sites for hydroxylation is 1. The highest BCUT2D eigenvalue weighted by molar-refractivity contribution is 5.69. The first kappa shape index (κ1) is 15.2. The zero-order valence-corrected chi connectivity index (χ0v) is 12.4. The number of aromatic nitrogens is 2. The van der Waals surface area contributed by atoms with Crippen molar-refractivity contribution < 1.29 is 9.90 Å². The molecule has 0 bridgehead atoms. The summed E-state index contributed by atoms with van der Waals surface area (Å²) >= 11 is 0. The Morgan fingerprint density at radius 2 is 2.19 bits per heavy atom. The van der Waals surface area contributed by atoms with Crippen molar-refractivity contribution in [2.75, 3.05) is 13.6 Å². The monoisotopic (exact) mass is 289 g/mol. The zero-order valence-electron chi connectivity index (χ0n) is 12.4. The number of carboxylic acid groups (broad SMARTS) is 1. The van der Waals surface area contributed by atoms with E-state index < -0.39 is 11.9 Å². The van der Waals surface area contributed by atoms with E-state index in [2.05, 4.69) is 4.98 Å². The Morgan fingerprint density at radius 3 is 2.86 bits per heavy atom. The first-order valence-corrected chi connectivity index (χ1v) is 6.77. The number of hydrogen-bond donors (Lipinski definition) is 1. The van der Waals surface area contributed by atoms with Gasteiger partial charge in [-0.3, -0.25) is 18.9 Å². The van der Waals surface area contributed by atoms with Crippen LogP contribution in [0.2, 0.25) is 0 Å². The summed E-state index contributed by atoms with van der Waals surface area (Å²) in [6, 6.07) is 5.20. The lowest BCUT2D eigenvalue weighted by Crippen LogP contribution is -2.29. The standard InChI is InChI=1S/C15H19N3O3/c1-10-4-5-18-13(6-10)16-12(7-14(18)19)9-17(3)8-11(2)15(20)21/h4-7,11H,8-9H2,1-3H3,(H,20,21). The molecule has 112 valence electrons. The second-order valence-corrected chi connectivity index (χ2v) is 5.45. The van der Waals surface area contributed by atoms with E-state index in [1.165, 1.54) is 10.5 Å². The molecule has 0 aliphatic carbocycles. The molecule has 1 N–H and O–H groups in total. The van der Waals surface area contributed by atoms with Crippen LogP contribution in [0, 0.1) is 12.8 Å². The molecular formula is C15H19N3O3. The molecule has 0 spiro atoms. The lowest BCUT2D eigenvalue weighted by Gasteiger charge is -2.18. The van der Waals surface area contributed by atoms with Gasteiger partial charge in [-0.05, 0) is 31.7 Å². The third-order valence-corrected chi connectivity index (χ3v) is 3.31. The van der Waals surface area contributed by atoms with Crippen molar-refractivity contribution in [3.8, 4) is 0 Å². The van der Waals surface area contributed by atoms with Gasteiger partial charge in [0.15, 0.2) is 0 Å². The third-order valence-electron chi connectivity index (χ3n) is 3.31. The molecule has 1 unspecified atom stereocenters. The van der Waals surface area contributed by atoms with Crippen LogP contribution in [0.3, 0.4) is 0 Å². The van der Waals surface area contributed by atoms with Crippen LogP contribution in [0.15, 0.2) is 29.2 Å². The van der Waals surface area contributed by atoms with Crippen molar-refractivity contribution >= 4 is 11.6 Å². The molecule has 2 heterocycles. The van der Waals surface area contributed by atoms with Crippen LogP contribution in [0.25, 0.3) is 5.65 Å². The van der Waals surface area contributed by atoms with Crippen molar-refractivity contribution in [3.63, 3.8) is 0 Å². The van der Waals surface area contributed by atoms with E-state index in [-0.39, 0.29) is 5.56 Å². The molecule has 0 amide bonds. The summed E-state index contributed by atoms with van der Waals surface area (Å²) in [7, 11) is 1.82. The highest BCUT2D eigenvalue weighted by atomic mass is 16.4. The summed E-state index contributed by atoms with van der Waals surface area (Å²) in [6.45, 7) is 4.45. The SMILES string of the molecule is Cc1ccn2c(=O)cc(CN(C)CC(C)C(=O)O)nc2c1. The highest BCUT2D eigenvalue weighted by Crippen LogP contribution is 2.06. The molecule has 2 rings (SSSR count). The number of hydrogen-bond acceptors (Lipinski definition) is 4. The fraction of sp³-hybridized carbons (Fsp3) is 0.400. The number of aliphatic carboxylic acids is 1. The van der Waals surface area contributed by atoms with E-state index in [0.29, 0.717) is 24.4 Å². The van der Waals surface area contributed by atoms with E-state index in [1.807, 2.05) is 31.0 Å². The molecule has 6 heteroatoms. The van der Waals surface area contributed by atoms with Gasteiger partial charge in [0, 0.05) is 25.4 Å². The van der Waals surface area contributed by atoms with Gasteiger partial charge in [0.2, 0.25) is 0 Å². The zero-order chi connectivity index (χ0) is 15.6. The summed E-state index contributed by atoms with van der Waals surface area (Å²) in [5.41, 5.74) is 2.16. The van der Waals surface area contributed by atoms with Gasteiger partial charge in [-0.1, -0.05) is 6.92 Å². The Morgan fingerprint density at radius 1 is 1.48 bits per heavy atom. The maximum Gasteiger partial charge on any atom is 0.307 e. The number of carboxylic acids is 1. The quantitative estimate of drug-likeness (QED) is 0.894. The molecule has 0 fully saturated rings. The smallest absolute Gasteiger partial charge is 0.307 e. The van der Waals surface area contributed by atoms with Gasteiger partial charge in [-0.25, -0.2) is 4.98 Å². The van der Waals surface area contributed by atoms with Crippen LogP contribution < -0.4 is 5.56 Å². The molecule has 2 aromatic heterocycles. The van der Waals surface area contributed by atoms with Crippen LogP contribution >= 0.6 is 0 Å². The second-order valence-electron chi connectivity index (χ2n) is 5.45. The molecule has 0 saturated carbocycles. The van der Waals surface area contributed by atoms with Crippen LogP contribution in [-0.2, 0) is 11.3 Å². The van der Waals surface area contributed by atoms with Gasteiger partial charge in [-0.15, -0.1) is 0 Å². The minimum Gasteiger partial charge on any atom is -0.481 e. The minimum absolute atomic E-state index is 0.130. The summed E-state index contributed by atoms with van der Waals surface area (Å²) in [5.74, 6) is -1.29. The summed E-state index contributed by atoms with van der Waals surface area (Å²) in [5, 5.41) is 8.92. The normalized spacial score (nSPS) is 12.8. The number of fused-ring (bicyclic) bond motifs is 1. The minimum atomic E-state index is -0.830. The van der Waals surface area contributed by atoms with Gasteiger partial charge < -0.3 is 5.11 Å². The largest absolute Gasteiger partial charge is 0.481 e. The average Bonchev–Trinajstić information content (AvgIpc) is 2.37. The summed E-state index contributed by atoms with van der Waals surface area (Å²) in [6.07, 6.45) is 1.71. The van der Waals surface area contributed by atoms with E-state index in [1.54, 1.807) is 13.1 Å². The Kier molecular flexibility index (Phi) is 4.37. The third kappa shape index (κ3) is 3.66. The number of nitrogens with zero attached hydrogens (tertiary/aromatic N) is 3. The molecule has 0 aliphatic heterocycles. The first-order valence-electron chi connectivity index (χ1n) is 6.77. The predicted octanol–water partition coefficient (Wildman–Crippen LogP) is 1.16. The van der Waals surface area contributed by atoms with Crippen LogP contribution in [0.5, 0.6) is 0 Å². The van der Waals surface area contributed by atoms with Gasteiger partial charge in [0.05, 0.1) is 11.6 Å². The fourth-order valence-corrected chi connectivity index (χ4v) is 2.22. The highest BCUT2D eigenvalue weighted by Gasteiger charge is 2.14. The second kappa shape index (κ2) is 6.05. The van der Waals surface area contributed by atoms with Crippen molar-refractivity contribution in [1.82, 2.24) is 14.3 Å². The number of rotatable bonds is 5. The molecule has 0 aromatic carbocycles. The van der Waals surface area contributed by atoms with Crippen LogP contribution in [0.1, 0.15) is 18.2 Å². The van der Waals surface area contributed by atoms with E-state index >= 15 is 0 Å². The number of pyridine rings is 1. The Balaban J connectivity index is 2.23. The molecule has 0 aliphatic rings.